The normalized spacial score (nSPS) is 40.5. The third-order valence-corrected chi connectivity index (χ3v) is 4.35. The molecule has 0 atom stereocenters. The minimum atomic E-state index is -0.0534. The number of rotatable bonds is 2. The van der Waals surface area contributed by atoms with E-state index in [9.17, 15) is 9.90 Å². The lowest BCUT2D eigenvalue weighted by molar-refractivity contribution is -0.129. The van der Waals surface area contributed by atoms with Gasteiger partial charge in [0.25, 0.3) is 0 Å². The van der Waals surface area contributed by atoms with Gasteiger partial charge in [-0.1, -0.05) is 13.8 Å². The fourth-order valence-corrected chi connectivity index (χ4v) is 3.33. The molecule has 2 aliphatic rings. The van der Waals surface area contributed by atoms with Gasteiger partial charge in [-0.05, 0) is 43.9 Å². The average Bonchev–Trinajstić information content (AvgIpc) is 2.16. The third-order valence-electron chi connectivity index (χ3n) is 4.35. The molecule has 1 N–H and O–H groups in total. The first kappa shape index (κ1) is 11.1. The first-order valence-corrected chi connectivity index (χ1v) is 6.24. The van der Waals surface area contributed by atoms with Crippen LogP contribution in [0, 0.1) is 17.3 Å². The van der Waals surface area contributed by atoms with Gasteiger partial charge in [0, 0.05) is 11.8 Å². The number of ketones is 1. The van der Waals surface area contributed by atoms with Crippen molar-refractivity contribution in [3.8, 4) is 0 Å². The Kier molecular flexibility index (Phi) is 2.89. The van der Waals surface area contributed by atoms with E-state index in [1.807, 2.05) is 13.8 Å². The van der Waals surface area contributed by atoms with E-state index in [0.29, 0.717) is 17.1 Å². The molecule has 2 heteroatoms. The van der Waals surface area contributed by atoms with Crippen molar-refractivity contribution in [3.05, 3.63) is 0 Å². The monoisotopic (exact) mass is 210 g/mol. The van der Waals surface area contributed by atoms with Gasteiger partial charge in [0.15, 0.2) is 0 Å². The van der Waals surface area contributed by atoms with E-state index < -0.39 is 0 Å². The molecule has 2 rings (SSSR count). The van der Waals surface area contributed by atoms with Gasteiger partial charge in [-0.3, -0.25) is 4.79 Å². The lowest BCUT2D eigenvalue weighted by Crippen LogP contribution is -2.44. The smallest absolute Gasteiger partial charge is 0.138 e. The number of aliphatic hydroxyl groups is 1. The highest BCUT2D eigenvalue weighted by atomic mass is 16.3. The van der Waals surface area contributed by atoms with Crippen molar-refractivity contribution in [2.75, 3.05) is 0 Å². The molecule has 0 bridgehead atoms. The SMILES string of the molecule is CC(C)C(=O)C1CCC2(CC1)CC(O)C2. The van der Waals surface area contributed by atoms with Crippen LogP contribution in [0.2, 0.25) is 0 Å². The number of Topliss-reactive ketones (excluding diaryl/α,β-unsaturated/α-hetero) is 1. The first-order chi connectivity index (χ1) is 7.02. The predicted molar refractivity (Wildman–Crippen MR) is 59.5 cm³/mol. The van der Waals surface area contributed by atoms with Gasteiger partial charge in [0.05, 0.1) is 6.10 Å². The molecule has 2 saturated carbocycles. The van der Waals surface area contributed by atoms with Gasteiger partial charge in [-0.2, -0.15) is 0 Å². The molecular formula is C13H22O2. The van der Waals surface area contributed by atoms with E-state index in [-0.39, 0.29) is 12.0 Å². The molecule has 0 heterocycles. The number of hydrogen-bond acceptors (Lipinski definition) is 2. The number of carbonyl (C=O) groups excluding carboxylic acids is 1. The summed E-state index contributed by atoms with van der Waals surface area (Å²) in [6.45, 7) is 4.00. The van der Waals surface area contributed by atoms with Crippen LogP contribution in [0.4, 0.5) is 0 Å². The molecule has 1 spiro atoms. The van der Waals surface area contributed by atoms with Crippen molar-refractivity contribution in [2.45, 2.75) is 58.5 Å². The van der Waals surface area contributed by atoms with E-state index >= 15 is 0 Å². The summed E-state index contributed by atoms with van der Waals surface area (Å²) < 4.78 is 0. The molecule has 0 aromatic rings. The summed E-state index contributed by atoms with van der Waals surface area (Å²) in [6, 6.07) is 0. The minimum absolute atomic E-state index is 0.0534. The number of aliphatic hydroxyl groups excluding tert-OH is 1. The van der Waals surface area contributed by atoms with Crippen LogP contribution in [0.25, 0.3) is 0 Å². The van der Waals surface area contributed by atoms with Crippen LogP contribution in [0.5, 0.6) is 0 Å². The van der Waals surface area contributed by atoms with Crippen molar-refractivity contribution >= 4 is 5.78 Å². The molecule has 2 aliphatic carbocycles. The molecule has 0 radical (unpaired) electrons. The summed E-state index contributed by atoms with van der Waals surface area (Å²) in [6.07, 6.45) is 6.35. The van der Waals surface area contributed by atoms with Crippen molar-refractivity contribution in [1.82, 2.24) is 0 Å². The highest BCUT2D eigenvalue weighted by Gasteiger charge is 2.46. The van der Waals surface area contributed by atoms with Crippen molar-refractivity contribution in [2.24, 2.45) is 17.3 Å². The highest BCUT2D eigenvalue weighted by molar-refractivity contribution is 5.82. The molecule has 86 valence electrons. The van der Waals surface area contributed by atoms with E-state index in [2.05, 4.69) is 0 Å². The summed E-state index contributed by atoms with van der Waals surface area (Å²) in [5.41, 5.74) is 0.424. The summed E-state index contributed by atoms with van der Waals surface area (Å²) in [7, 11) is 0. The van der Waals surface area contributed by atoms with Crippen LogP contribution in [-0.2, 0) is 4.79 Å². The van der Waals surface area contributed by atoms with Crippen LogP contribution in [0.3, 0.4) is 0 Å². The van der Waals surface area contributed by atoms with Crippen molar-refractivity contribution < 1.29 is 9.90 Å². The molecule has 0 aliphatic heterocycles. The van der Waals surface area contributed by atoms with Gasteiger partial charge in [0.2, 0.25) is 0 Å². The topological polar surface area (TPSA) is 37.3 Å². The van der Waals surface area contributed by atoms with E-state index in [0.717, 1.165) is 38.5 Å². The number of hydrogen-bond donors (Lipinski definition) is 1. The fourth-order valence-electron chi connectivity index (χ4n) is 3.33. The largest absolute Gasteiger partial charge is 0.393 e. The minimum Gasteiger partial charge on any atom is -0.393 e. The fraction of sp³-hybridized carbons (Fsp3) is 0.923. The molecular weight excluding hydrogens is 188 g/mol. The second kappa shape index (κ2) is 3.89. The van der Waals surface area contributed by atoms with E-state index in [1.165, 1.54) is 0 Å². The third kappa shape index (κ3) is 2.10. The quantitative estimate of drug-likeness (QED) is 0.760. The van der Waals surface area contributed by atoms with Crippen molar-refractivity contribution in [1.29, 1.82) is 0 Å². The maximum atomic E-state index is 11.8. The number of carbonyl (C=O) groups is 1. The maximum Gasteiger partial charge on any atom is 0.138 e. The molecule has 0 unspecified atom stereocenters. The summed E-state index contributed by atoms with van der Waals surface area (Å²) in [5, 5.41) is 9.36. The van der Waals surface area contributed by atoms with Crippen LogP contribution in [0.15, 0.2) is 0 Å². The zero-order valence-electron chi connectivity index (χ0n) is 9.83. The Balaban J connectivity index is 1.85. The Bertz CT molecular complexity index is 241. The Hall–Kier alpha value is -0.370. The second-order valence-electron chi connectivity index (χ2n) is 5.89. The Morgan fingerprint density at radius 3 is 2.20 bits per heavy atom. The van der Waals surface area contributed by atoms with Gasteiger partial charge < -0.3 is 5.11 Å². The average molecular weight is 210 g/mol. The van der Waals surface area contributed by atoms with Crippen LogP contribution in [0.1, 0.15) is 52.4 Å². The molecule has 15 heavy (non-hydrogen) atoms. The summed E-state index contributed by atoms with van der Waals surface area (Å²) in [4.78, 5) is 11.8. The van der Waals surface area contributed by atoms with Crippen molar-refractivity contribution in [3.63, 3.8) is 0 Å². The molecule has 0 aromatic heterocycles. The second-order valence-corrected chi connectivity index (χ2v) is 5.89. The molecule has 2 fully saturated rings. The molecule has 0 amide bonds. The first-order valence-electron chi connectivity index (χ1n) is 6.24. The standard InChI is InChI=1S/C13H22O2/c1-9(2)12(15)10-3-5-13(6-4-10)7-11(14)8-13/h9-11,14H,3-8H2,1-2H3. The van der Waals surface area contributed by atoms with E-state index in [1.54, 1.807) is 0 Å². The summed E-state index contributed by atoms with van der Waals surface area (Å²) in [5.74, 6) is 0.953. The zero-order valence-corrected chi connectivity index (χ0v) is 9.83. The Labute approximate surface area is 92.1 Å². The highest BCUT2D eigenvalue weighted by Crippen LogP contribution is 2.53. The van der Waals surface area contributed by atoms with Crippen LogP contribution < -0.4 is 0 Å². The van der Waals surface area contributed by atoms with Gasteiger partial charge >= 0.3 is 0 Å². The van der Waals surface area contributed by atoms with Crippen LogP contribution in [-0.4, -0.2) is 17.0 Å². The maximum absolute atomic E-state index is 11.8. The lowest BCUT2D eigenvalue weighted by atomic mass is 9.57. The predicted octanol–water partition coefficient (Wildman–Crippen LogP) is 2.54. The Morgan fingerprint density at radius 1 is 1.27 bits per heavy atom. The Morgan fingerprint density at radius 2 is 1.80 bits per heavy atom. The molecule has 0 saturated heterocycles. The van der Waals surface area contributed by atoms with Gasteiger partial charge in [-0.25, -0.2) is 0 Å². The summed E-state index contributed by atoms with van der Waals surface area (Å²) >= 11 is 0. The van der Waals surface area contributed by atoms with E-state index in [4.69, 9.17) is 0 Å². The van der Waals surface area contributed by atoms with Gasteiger partial charge in [-0.15, -0.1) is 0 Å². The molecule has 2 nitrogen and oxygen atoms in total. The molecule has 0 aromatic carbocycles. The van der Waals surface area contributed by atoms with Gasteiger partial charge in [0.1, 0.15) is 5.78 Å². The zero-order chi connectivity index (χ0) is 11.1. The lowest BCUT2D eigenvalue weighted by Gasteiger charge is -2.49. The van der Waals surface area contributed by atoms with Crippen LogP contribution >= 0.6 is 0 Å².